The van der Waals surface area contributed by atoms with Crippen molar-refractivity contribution in [1.29, 1.82) is 0 Å². The number of hydrogen-bond acceptors (Lipinski definition) is 2. The van der Waals surface area contributed by atoms with Crippen LogP contribution >= 0.6 is 8.07 Å². The molecule has 0 N–H and O–H groups in total. The van der Waals surface area contributed by atoms with E-state index in [1.165, 1.54) is 10.6 Å². The van der Waals surface area contributed by atoms with Gasteiger partial charge in [-0.25, -0.2) is 0 Å². The van der Waals surface area contributed by atoms with Gasteiger partial charge in [-0.05, 0) is 42.5 Å². The second-order valence-electron chi connectivity index (χ2n) is 6.98. The summed E-state index contributed by atoms with van der Waals surface area (Å²) < 4.78 is 2.37. The summed E-state index contributed by atoms with van der Waals surface area (Å²) in [7, 11) is -0.941. The standard InChI is InChI=1S/C27H22NO2P/c29-27(30)21-20-22-12-10-11-19-26(22)28(23-13-4-1-5-14-23)31(24-15-6-2-7-16-24)25-17-8-3-9-18-25/h1-18,20-21H,19H2. The number of carbonyl (C=O) groups is 1. The predicted octanol–water partition coefficient (Wildman–Crippen LogP) is 4.01. The molecule has 1 aliphatic rings. The first-order chi connectivity index (χ1) is 15.2. The Kier molecular flexibility index (Phi) is 6.66. The molecule has 0 atom stereocenters. The van der Waals surface area contributed by atoms with E-state index in [1.807, 2.05) is 42.5 Å². The van der Waals surface area contributed by atoms with E-state index in [0.717, 1.165) is 23.0 Å². The molecular formula is C27H22NO2P. The summed E-state index contributed by atoms with van der Waals surface area (Å²) in [4.78, 5) is 11.1. The SMILES string of the molecule is O=C([O-])C=CC1=CC=CCC1=[N+](c1ccccc1)P(c1ccccc1)c1ccccc1. The van der Waals surface area contributed by atoms with Crippen LogP contribution in [-0.4, -0.2) is 16.0 Å². The highest BCUT2D eigenvalue weighted by molar-refractivity contribution is 7.67. The fourth-order valence-electron chi connectivity index (χ4n) is 3.56. The molecule has 0 unspecified atom stereocenters. The quantitative estimate of drug-likeness (QED) is 0.444. The maximum Gasteiger partial charge on any atom is 0.251 e. The number of carboxylic acid groups (broad SMARTS) is 1. The molecule has 0 fully saturated rings. The zero-order valence-electron chi connectivity index (χ0n) is 17.0. The van der Waals surface area contributed by atoms with Crippen LogP contribution < -0.4 is 15.7 Å². The van der Waals surface area contributed by atoms with Gasteiger partial charge in [0, 0.05) is 28.3 Å². The summed E-state index contributed by atoms with van der Waals surface area (Å²) in [5, 5.41) is 13.5. The first-order valence-corrected chi connectivity index (χ1v) is 11.4. The third kappa shape index (κ3) is 4.96. The highest BCUT2D eigenvalue weighted by atomic mass is 31.1. The fraction of sp³-hybridized carbons (Fsp3) is 0.0370. The maximum atomic E-state index is 11.1. The highest BCUT2D eigenvalue weighted by Crippen LogP contribution is 2.42. The molecule has 0 saturated heterocycles. The minimum Gasteiger partial charge on any atom is -0.545 e. The van der Waals surface area contributed by atoms with E-state index in [-0.39, 0.29) is 0 Å². The largest absolute Gasteiger partial charge is 0.545 e. The third-order valence-corrected chi connectivity index (χ3v) is 7.36. The molecule has 152 valence electrons. The van der Waals surface area contributed by atoms with E-state index < -0.39 is 14.0 Å². The van der Waals surface area contributed by atoms with Gasteiger partial charge in [-0.2, -0.15) is 4.35 Å². The average Bonchev–Trinajstić information content (AvgIpc) is 2.83. The average molecular weight is 423 g/mol. The minimum absolute atomic E-state index is 0.705. The first-order valence-electron chi connectivity index (χ1n) is 10.1. The van der Waals surface area contributed by atoms with Gasteiger partial charge in [-0.1, -0.05) is 66.7 Å². The predicted molar refractivity (Wildman–Crippen MR) is 126 cm³/mol. The molecule has 0 bridgehead atoms. The van der Waals surface area contributed by atoms with Gasteiger partial charge in [-0.15, -0.1) is 0 Å². The van der Waals surface area contributed by atoms with Crippen molar-refractivity contribution in [3.8, 4) is 0 Å². The number of aliphatic carboxylic acids is 1. The lowest BCUT2D eigenvalue weighted by Crippen LogP contribution is -2.25. The Morgan fingerprint density at radius 1 is 0.839 bits per heavy atom. The van der Waals surface area contributed by atoms with Crippen molar-refractivity contribution in [3.05, 3.63) is 127 Å². The highest BCUT2D eigenvalue weighted by Gasteiger charge is 2.33. The lowest BCUT2D eigenvalue weighted by molar-refractivity contribution is -0.297. The number of rotatable bonds is 6. The van der Waals surface area contributed by atoms with Gasteiger partial charge in [0.1, 0.15) is 0 Å². The molecule has 0 saturated carbocycles. The molecule has 4 rings (SSSR count). The van der Waals surface area contributed by atoms with Gasteiger partial charge in [0.25, 0.3) is 8.07 Å². The monoisotopic (exact) mass is 423 g/mol. The van der Waals surface area contributed by atoms with E-state index in [1.54, 1.807) is 6.08 Å². The molecule has 3 aromatic carbocycles. The summed E-state index contributed by atoms with van der Waals surface area (Å²) in [6, 6.07) is 31.2. The van der Waals surface area contributed by atoms with Crippen LogP contribution in [0.1, 0.15) is 6.42 Å². The minimum atomic E-state index is -1.20. The Hall–Kier alpha value is -3.55. The van der Waals surface area contributed by atoms with Crippen LogP contribution in [0.2, 0.25) is 0 Å². The molecule has 0 aromatic heterocycles. The summed E-state index contributed by atoms with van der Waals surface area (Å²) in [5.41, 5.74) is 3.00. The molecule has 0 heterocycles. The Morgan fingerprint density at radius 3 is 1.94 bits per heavy atom. The van der Waals surface area contributed by atoms with Crippen molar-refractivity contribution < 1.29 is 14.2 Å². The second kappa shape index (κ2) is 9.97. The van der Waals surface area contributed by atoms with Crippen LogP contribution in [0.25, 0.3) is 0 Å². The van der Waals surface area contributed by atoms with E-state index in [4.69, 9.17) is 0 Å². The van der Waals surface area contributed by atoms with Gasteiger partial charge >= 0.3 is 0 Å². The number of benzene rings is 3. The summed E-state index contributed by atoms with van der Waals surface area (Å²) >= 11 is 0. The topological polar surface area (TPSA) is 43.1 Å². The van der Waals surface area contributed by atoms with Gasteiger partial charge < -0.3 is 9.90 Å². The zero-order chi connectivity index (χ0) is 21.5. The Morgan fingerprint density at radius 2 is 1.39 bits per heavy atom. The molecule has 0 amide bonds. The fourth-order valence-corrected chi connectivity index (χ4v) is 6.04. The van der Waals surface area contributed by atoms with Crippen molar-refractivity contribution in [1.82, 2.24) is 0 Å². The molecule has 3 nitrogen and oxygen atoms in total. The second-order valence-corrected chi connectivity index (χ2v) is 9.04. The third-order valence-electron chi connectivity index (χ3n) is 4.91. The van der Waals surface area contributed by atoms with Crippen LogP contribution in [0.15, 0.2) is 127 Å². The normalized spacial score (nSPS) is 15.2. The molecule has 0 spiro atoms. The number of para-hydroxylation sites is 1. The molecular weight excluding hydrogens is 401 g/mol. The molecule has 1 aliphatic carbocycles. The van der Waals surface area contributed by atoms with E-state index >= 15 is 0 Å². The van der Waals surface area contributed by atoms with E-state index in [9.17, 15) is 9.90 Å². The van der Waals surface area contributed by atoms with Crippen molar-refractivity contribution in [2.24, 2.45) is 0 Å². The van der Waals surface area contributed by atoms with E-state index in [0.29, 0.717) is 6.42 Å². The van der Waals surface area contributed by atoms with E-state index in [2.05, 4.69) is 71.1 Å². The maximum absolute atomic E-state index is 11.1. The smallest absolute Gasteiger partial charge is 0.251 e. The van der Waals surface area contributed by atoms with Gasteiger partial charge in [-0.3, -0.25) is 0 Å². The van der Waals surface area contributed by atoms with Gasteiger partial charge in [0.15, 0.2) is 5.71 Å². The first kappa shape index (κ1) is 20.7. The van der Waals surface area contributed by atoms with Crippen LogP contribution in [0, 0.1) is 0 Å². The lowest BCUT2D eigenvalue weighted by atomic mass is 10.0. The van der Waals surface area contributed by atoms with Gasteiger partial charge in [0.05, 0.1) is 12.4 Å². The van der Waals surface area contributed by atoms with Crippen molar-refractivity contribution in [3.63, 3.8) is 0 Å². The lowest BCUT2D eigenvalue weighted by Gasteiger charge is -2.20. The number of hydrogen-bond donors (Lipinski definition) is 0. The molecule has 0 radical (unpaired) electrons. The van der Waals surface area contributed by atoms with Crippen LogP contribution in [0.4, 0.5) is 5.69 Å². The summed E-state index contributed by atoms with van der Waals surface area (Å²) in [6.07, 6.45) is 9.46. The van der Waals surface area contributed by atoms with Crippen LogP contribution in [0.5, 0.6) is 0 Å². The molecule has 4 heteroatoms. The Balaban J connectivity index is 2.00. The number of carbonyl (C=O) groups excluding carboxylic acids is 1. The zero-order valence-corrected chi connectivity index (χ0v) is 17.9. The summed E-state index contributed by atoms with van der Waals surface area (Å²) in [6.45, 7) is 0. The van der Waals surface area contributed by atoms with Crippen molar-refractivity contribution >= 4 is 36.0 Å². The van der Waals surface area contributed by atoms with Gasteiger partial charge in [0.2, 0.25) is 5.69 Å². The Bertz CT molecular complexity index is 1120. The van der Waals surface area contributed by atoms with Crippen molar-refractivity contribution in [2.45, 2.75) is 6.42 Å². The summed E-state index contributed by atoms with van der Waals surface area (Å²) in [5.74, 6) is -1.20. The molecule has 3 aromatic rings. The number of allylic oxidation sites excluding steroid dienone is 5. The number of nitrogens with zero attached hydrogens (tertiary/aromatic N) is 1. The van der Waals surface area contributed by atoms with Crippen molar-refractivity contribution in [2.75, 3.05) is 0 Å². The number of carboxylic acids is 1. The molecule has 0 aliphatic heterocycles. The Labute approximate surface area is 183 Å². The van der Waals surface area contributed by atoms with Crippen LogP contribution in [0.3, 0.4) is 0 Å². The van der Waals surface area contributed by atoms with Crippen LogP contribution in [-0.2, 0) is 4.79 Å². The molecule has 31 heavy (non-hydrogen) atoms.